The maximum absolute atomic E-state index is 5.99. The summed E-state index contributed by atoms with van der Waals surface area (Å²) in [6.45, 7) is 14.3. The van der Waals surface area contributed by atoms with Crippen LogP contribution in [-0.2, 0) is 9.31 Å². The van der Waals surface area contributed by atoms with Crippen LogP contribution in [0.25, 0.3) is 0 Å². The van der Waals surface area contributed by atoms with Crippen molar-refractivity contribution >= 4 is 12.7 Å². The molecule has 0 N–H and O–H groups in total. The van der Waals surface area contributed by atoms with Gasteiger partial charge in [0, 0.05) is 6.04 Å². The fraction of sp³-hybridized carbons (Fsp3) is 0.833. The van der Waals surface area contributed by atoms with E-state index in [2.05, 4.69) is 24.2 Å². The SMILES string of the molecule is Cc1c(B2OC(C)(C)C(C)(C)O2)nnn1C(C)C. The summed E-state index contributed by atoms with van der Waals surface area (Å²) in [5.41, 5.74) is 1.10. The molecule has 1 aromatic heterocycles. The number of rotatable bonds is 2. The first-order valence-electron chi connectivity index (χ1n) is 6.43. The largest absolute Gasteiger partial charge is 0.518 e. The average molecular weight is 251 g/mol. The van der Waals surface area contributed by atoms with Crippen LogP contribution in [0.1, 0.15) is 53.3 Å². The molecule has 0 saturated carbocycles. The van der Waals surface area contributed by atoms with E-state index >= 15 is 0 Å². The molecule has 0 unspecified atom stereocenters. The molecule has 1 fully saturated rings. The molecular formula is C12H22BN3O2. The smallest absolute Gasteiger partial charge is 0.398 e. The maximum Gasteiger partial charge on any atom is 0.518 e. The summed E-state index contributed by atoms with van der Waals surface area (Å²) in [5, 5.41) is 8.38. The van der Waals surface area contributed by atoms with Gasteiger partial charge in [0.2, 0.25) is 0 Å². The van der Waals surface area contributed by atoms with Gasteiger partial charge in [-0.25, -0.2) is 4.68 Å². The molecule has 0 spiro atoms. The third-order valence-corrected chi connectivity index (χ3v) is 3.93. The van der Waals surface area contributed by atoms with Gasteiger partial charge < -0.3 is 9.31 Å². The lowest BCUT2D eigenvalue weighted by Gasteiger charge is -2.32. The summed E-state index contributed by atoms with van der Waals surface area (Å²) < 4.78 is 13.9. The van der Waals surface area contributed by atoms with Crippen LogP contribution in [0.2, 0.25) is 0 Å². The molecule has 0 atom stereocenters. The lowest BCUT2D eigenvalue weighted by Crippen LogP contribution is -2.41. The minimum atomic E-state index is -0.428. The van der Waals surface area contributed by atoms with Crippen LogP contribution < -0.4 is 5.59 Å². The van der Waals surface area contributed by atoms with Crippen LogP contribution in [0.4, 0.5) is 0 Å². The molecule has 1 aliphatic rings. The summed E-state index contributed by atoms with van der Waals surface area (Å²) in [6, 6.07) is 0.286. The van der Waals surface area contributed by atoms with E-state index in [1.54, 1.807) is 0 Å². The summed E-state index contributed by atoms with van der Waals surface area (Å²) in [7, 11) is -0.428. The molecule has 2 rings (SSSR count). The Kier molecular flexibility index (Phi) is 3.06. The maximum atomic E-state index is 5.99. The zero-order valence-corrected chi connectivity index (χ0v) is 12.3. The second-order valence-electron chi connectivity index (χ2n) is 6.19. The zero-order chi connectivity index (χ0) is 13.7. The topological polar surface area (TPSA) is 49.2 Å². The summed E-state index contributed by atoms with van der Waals surface area (Å²) in [6.07, 6.45) is 0. The fourth-order valence-electron chi connectivity index (χ4n) is 2.02. The second-order valence-corrected chi connectivity index (χ2v) is 6.19. The lowest BCUT2D eigenvalue weighted by molar-refractivity contribution is 0.00578. The number of hydrogen-bond donors (Lipinski definition) is 0. The molecule has 100 valence electrons. The van der Waals surface area contributed by atoms with Crippen molar-refractivity contribution in [2.45, 2.75) is 65.7 Å². The van der Waals surface area contributed by atoms with E-state index < -0.39 is 7.12 Å². The van der Waals surface area contributed by atoms with Gasteiger partial charge in [-0.2, -0.15) is 0 Å². The van der Waals surface area contributed by atoms with Gasteiger partial charge >= 0.3 is 7.12 Å². The van der Waals surface area contributed by atoms with Crippen LogP contribution in [0, 0.1) is 6.92 Å². The van der Waals surface area contributed by atoms with Crippen LogP contribution in [0.5, 0.6) is 0 Å². The number of aromatic nitrogens is 3. The highest BCUT2D eigenvalue weighted by Gasteiger charge is 2.53. The van der Waals surface area contributed by atoms with E-state index in [0.717, 1.165) is 11.3 Å². The van der Waals surface area contributed by atoms with Crippen molar-refractivity contribution in [1.82, 2.24) is 15.0 Å². The van der Waals surface area contributed by atoms with Crippen LogP contribution in [-0.4, -0.2) is 33.3 Å². The predicted molar refractivity (Wildman–Crippen MR) is 70.9 cm³/mol. The fourth-order valence-corrected chi connectivity index (χ4v) is 2.02. The normalized spacial score (nSPS) is 21.9. The first-order valence-corrected chi connectivity index (χ1v) is 6.43. The molecule has 1 aliphatic heterocycles. The van der Waals surface area contributed by atoms with Crippen molar-refractivity contribution in [3.05, 3.63) is 5.69 Å². The highest BCUT2D eigenvalue weighted by Crippen LogP contribution is 2.36. The minimum absolute atomic E-state index is 0.286. The quantitative estimate of drug-likeness (QED) is 0.747. The highest BCUT2D eigenvalue weighted by atomic mass is 16.7. The minimum Gasteiger partial charge on any atom is -0.398 e. The van der Waals surface area contributed by atoms with Crippen molar-refractivity contribution in [3.8, 4) is 0 Å². The third-order valence-electron chi connectivity index (χ3n) is 3.93. The highest BCUT2D eigenvalue weighted by molar-refractivity contribution is 6.61. The Hall–Kier alpha value is -0.875. The summed E-state index contributed by atoms with van der Waals surface area (Å²) in [5.74, 6) is 0. The Bertz CT molecular complexity index is 438. The summed E-state index contributed by atoms with van der Waals surface area (Å²) >= 11 is 0. The Labute approximate surface area is 109 Å². The molecule has 18 heavy (non-hydrogen) atoms. The van der Waals surface area contributed by atoms with Gasteiger partial charge in [-0.1, -0.05) is 5.21 Å². The number of hydrogen-bond acceptors (Lipinski definition) is 4. The zero-order valence-electron chi connectivity index (χ0n) is 12.3. The molecule has 0 amide bonds. The molecule has 0 radical (unpaired) electrons. The first-order chi connectivity index (χ1) is 8.16. The Morgan fingerprint density at radius 3 is 2.00 bits per heavy atom. The Morgan fingerprint density at radius 1 is 1.11 bits per heavy atom. The molecule has 1 aromatic rings. The van der Waals surface area contributed by atoms with E-state index in [1.807, 2.05) is 39.3 Å². The average Bonchev–Trinajstić information content (AvgIpc) is 2.66. The Balaban J connectivity index is 2.30. The molecular weight excluding hydrogens is 229 g/mol. The van der Waals surface area contributed by atoms with Gasteiger partial charge in [0.25, 0.3) is 0 Å². The molecule has 1 saturated heterocycles. The van der Waals surface area contributed by atoms with Crippen molar-refractivity contribution in [1.29, 1.82) is 0 Å². The summed E-state index contributed by atoms with van der Waals surface area (Å²) in [4.78, 5) is 0. The molecule has 0 aromatic carbocycles. The molecule has 6 heteroatoms. The van der Waals surface area contributed by atoms with Gasteiger partial charge in [0.1, 0.15) is 5.59 Å². The second kappa shape index (κ2) is 4.06. The Morgan fingerprint density at radius 2 is 1.61 bits per heavy atom. The van der Waals surface area contributed by atoms with Crippen molar-refractivity contribution in [2.75, 3.05) is 0 Å². The standard InChI is InChI=1S/C12H22BN3O2/c1-8(2)16-9(3)10(14-15-16)13-17-11(4,5)12(6,7)18-13/h8H,1-7H3. The van der Waals surface area contributed by atoms with Crippen LogP contribution in [0.3, 0.4) is 0 Å². The van der Waals surface area contributed by atoms with Crippen molar-refractivity contribution < 1.29 is 9.31 Å². The van der Waals surface area contributed by atoms with E-state index in [0.29, 0.717) is 0 Å². The molecule has 5 nitrogen and oxygen atoms in total. The lowest BCUT2D eigenvalue weighted by atomic mass is 9.83. The van der Waals surface area contributed by atoms with E-state index in [9.17, 15) is 0 Å². The van der Waals surface area contributed by atoms with E-state index in [1.165, 1.54) is 0 Å². The monoisotopic (exact) mass is 251 g/mol. The first kappa shape index (κ1) is 13.6. The van der Waals surface area contributed by atoms with Gasteiger partial charge in [-0.05, 0) is 48.5 Å². The predicted octanol–water partition coefficient (Wildman–Crippen LogP) is 1.47. The van der Waals surface area contributed by atoms with Gasteiger partial charge in [-0.15, -0.1) is 5.10 Å². The third kappa shape index (κ3) is 1.97. The van der Waals surface area contributed by atoms with E-state index in [-0.39, 0.29) is 17.2 Å². The van der Waals surface area contributed by atoms with Gasteiger partial charge in [0.15, 0.2) is 0 Å². The van der Waals surface area contributed by atoms with Gasteiger partial charge in [0.05, 0.1) is 16.9 Å². The van der Waals surface area contributed by atoms with E-state index in [4.69, 9.17) is 9.31 Å². The number of nitrogens with zero attached hydrogens (tertiary/aromatic N) is 3. The molecule has 2 heterocycles. The van der Waals surface area contributed by atoms with Crippen molar-refractivity contribution in [3.63, 3.8) is 0 Å². The molecule has 0 bridgehead atoms. The molecule has 0 aliphatic carbocycles. The van der Waals surface area contributed by atoms with Crippen LogP contribution >= 0.6 is 0 Å². The van der Waals surface area contributed by atoms with Crippen LogP contribution in [0.15, 0.2) is 0 Å². The van der Waals surface area contributed by atoms with Gasteiger partial charge in [-0.3, -0.25) is 0 Å². The van der Waals surface area contributed by atoms with Crippen molar-refractivity contribution in [2.24, 2.45) is 0 Å².